The number of aromatic hydroxyl groups is 1. The lowest BCUT2D eigenvalue weighted by atomic mass is 9.91. The number of hydrazone groups is 1. The predicted octanol–water partition coefficient (Wildman–Crippen LogP) is 4.19. The summed E-state index contributed by atoms with van der Waals surface area (Å²) in [5, 5.41) is 16.7. The highest BCUT2D eigenvalue weighted by Gasteiger charge is 2.35. The van der Waals surface area contributed by atoms with Gasteiger partial charge in [-0.1, -0.05) is 30.3 Å². The minimum absolute atomic E-state index is 0.0925. The first-order chi connectivity index (χ1) is 15.0. The van der Waals surface area contributed by atoms with Gasteiger partial charge in [0.15, 0.2) is 0 Å². The maximum Gasteiger partial charge on any atom is 0.258 e. The number of nitrogens with one attached hydrogen (secondary N) is 1. The Hall–Kier alpha value is -4.13. The Balaban J connectivity index is 1.77. The van der Waals surface area contributed by atoms with Crippen molar-refractivity contribution in [1.29, 1.82) is 0 Å². The summed E-state index contributed by atoms with van der Waals surface area (Å²) in [6.07, 6.45) is 1.88. The van der Waals surface area contributed by atoms with E-state index in [1.807, 2.05) is 30.3 Å². The van der Waals surface area contributed by atoms with Gasteiger partial charge >= 0.3 is 0 Å². The van der Waals surface area contributed by atoms with Crippen molar-refractivity contribution >= 4 is 22.5 Å². The number of aromatic amines is 1. The number of furan rings is 1. The summed E-state index contributed by atoms with van der Waals surface area (Å²) in [7, 11) is 0. The lowest BCUT2D eigenvalue weighted by Crippen LogP contribution is -2.23. The molecule has 0 radical (unpaired) electrons. The van der Waals surface area contributed by atoms with Gasteiger partial charge in [-0.3, -0.25) is 9.59 Å². The third-order valence-electron chi connectivity index (χ3n) is 5.45. The van der Waals surface area contributed by atoms with E-state index in [0.717, 1.165) is 5.56 Å². The van der Waals surface area contributed by atoms with Crippen LogP contribution in [0, 0.1) is 0 Å². The van der Waals surface area contributed by atoms with Gasteiger partial charge in [0.2, 0.25) is 5.91 Å². The van der Waals surface area contributed by atoms with Gasteiger partial charge in [0.05, 0.1) is 17.5 Å². The number of nitrogens with zero attached hydrogens (tertiary/aromatic N) is 2. The molecular formula is C24H19N3O4. The Labute approximate surface area is 177 Å². The standard InChI is InChI=1S/C24H19N3O4/c1-14(28)27-20(21-8-5-11-31-21)13-19(26-27)23-22(15-6-3-2-4-7-15)17-12-16(29)9-10-18(17)25-24(23)30/h2-12,20,29H,13H2,1H3,(H,25,30). The number of amides is 1. The lowest BCUT2D eigenvalue weighted by molar-refractivity contribution is -0.130. The number of carbonyl (C=O) groups is 1. The molecule has 0 saturated heterocycles. The smallest absolute Gasteiger partial charge is 0.258 e. The zero-order valence-electron chi connectivity index (χ0n) is 16.7. The molecule has 3 heterocycles. The van der Waals surface area contributed by atoms with Crippen molar-refractivity contribution in [2.75, 3.05) is 0 Å². The first-order valence-corrected chi connectivity index (χ1v) is 9.88. The molecular weight excluding hydrogens is 394 g/mol. The van der Waals surface area contributed by atoms with Crippen molar-refractivity contribution < 1.29 is 14.3 Å². The zero-order valence-corrected chi connectivity index (χ0v) is 16.7. The highest BCUT2D eigenvalue weighted by molar-refractivity contribution is 6.13. The summed E-state index contributed by atoms with van der Waals surface area (Å²) < 4.78 is 5.53. The van der Waals surface area contributed by atoms with Gasteiger partial charge < -0.3 is 14.5 Å². The number of hydrogen-bond acceptors (Lipinski definition) is 5. The Morgan fingerprint density at radius 3 is 2.65 bits per heavy atom. The highest BCUT2D eigenvalue weighted by atomic mass is 16.3. The minimum atomic E-state index is -0.426. The molecule has 0 bridgehead atoms. The Morgan fingerprint density at radius 2 is 1.94 bits per heavy atom. The molecule has 1 aliphatic heterocycles. The third-order valence-corrected chi connectivity index (χ3v) is 5.45. The molecule has 5 rings (SSSR count). The van der Waals surface area contributed by atoms with E-state index >= 15 is 0 Å². The fourth-order valence-electron chi connectivity index (χ4n) is 4.12. The molecule has 1 unspecified atom stereocenters. The van der Waals surface area contributed by atoms with Crippen LogP contribution in [-0.2, 0) is 4.79 Å². The number of H-pyrrole nitrogens is 1. The second-order valence-electron chi connectivity index (χ2n) is 7.45. The largest absolute Gasteiger partial charge is 0.508 e. The van der Waals surface area contributed by atoms with Crippen LogP contribution in [0.3, 0.4) is 0 Å². The van der Waals surface area contributed by atoms with Gasteiger partial charge in [-0.2, -0.15) is 5.10 Å². The van der Waals surface area contributed by atoms with E-state index in [4.69, 9.17) is 4.42 Å². The fraction of sp³-hybridized carbons (Fsp3) is 0.125. The second kappa shape index (κ2) is 7.28. The fourth-order valence-corrected chi connectivity index (χ4v) is 4.12. The molecule has 1 amide bonds. The van der Waals surface area contributed by atoms with Crippen LogP contribution < -0.4 is 5.56 Å². The monoisotopic (exact) mass is 413 g/mol. The number of hydrogen-bond donors (Lipinski definition) is 2. The van der Waals surface area contributed by atoms with Crippen molar-refractivity contribution in [2.45, 2.75) is 19.4 Å². The number of pyridine rings is 1. The molecule has 4 aromatic rings. The van der Waals surface area contributed by atoms with Gasteiger partial charge in [0.1, 0.15) is 17.6 Å². The van der Waals surface area contributed by atoms with Crippen LogP contribution in [0.4, 0.5) is 0 Å². The Morgan fingerprint density at radius 1 is 1.13 bits per heavy atom. The number of carbonyl (C=O) groups excluding carboxylic acids is 1. The molecule has 1 aliphatic rings. The third kappa shape index (κ3) is 3.20. The first-order valence-electron chi connectivity index (χ1n) is 9.88. The molecule has 0 fully saturated rings. The average Bonchev–Trinajstić information content (AvgIpc) is 3.43. The maximum absolute atomic E-state index is 13.2. The molecule has 154 valence electrons. The summed E-state index contributed by atoms with van der Waals surface area (Å²) >= 11 is 0. The number of rotatable bonds is 3. The van der Waals surface area contributed by atoms with E-state index in [0.29, 0.717) is 39.9 Å². The van der Waals surface area contributed by atoms with Gasteiger partial charge in [-0.15, -0.1) is 0 Å². The van der Waals surface area contributed by atoms with Crippen LogP contribution in [0.2, 0.25) is 0 Å². The summed E-state index contributed by atoms with van der Waals surface area (Å²) in [5.41, 5.74) is 2.65. The first kappa shape index (κ1) is 18.9. The van der Waals surface area contributed by atoms with Crippen LogP contribution in [0.25, 0.3) is 22.0 Å². The number of phenolic OH excluding ortho intramolecular Hbond substituents is 1. The number of phenols is 1. The van der Waals surface area contributed by atoms with Crippen molar-refractivity contribution in [3.63, 3.8) is 0 Å². The predicted molar refractivity (Wildman–Crippen MR) is 117 cm³/mol. The van der Waals surface area contributed by atoms with Crippen molar-refractivity contribution in [3.05, 3.63) is 88.6 Å². The molecule has 0 saturated carbocycles. The van der Waals surface area contributed by atoms with E-state index in [1.54, 1.807) is 30.5 Å². The Kier molecular flexibility index (Phi) is 4.43. The molecule has 2 N–H and O–H groups in total. The van der Waals surface area contributed by atoms with E-state index in [9.17, 15) is 14.7 Å². The highest BCUT2D eigenvalue weighted by Crippen LogP contribution is 2.37. The zero-order chi connectivity index (χ0) is 21.5. The molecule has 31 heavy (non-hydrogen) atoms. The van der Waals surface area contributed by atoms with Gasteiger partial charge in [0.25, 0.3) is 5.56 Å². The molecule has 2 aromatic carbocycles. The van der Waals surface area contributed by atoms with Gasteiger partial charge in [0, 0.05) is 29.8 Å². The van der Waals surface area contributed by atoms with E-state index in [-0.39, 0.29) is 17.2 Å². The quantitative estimate of drug-likeness (QED) is 0.526. The van der Waals surface area contributed by atoms with Crippen LogP contribution in [0.15, 0.2) is 81.2 Å². The Bertz CT molecular complexity index is 1370. The minimum Gasteiger partial charge on any atom is -0.508 e. The maximum atomic E-state index is 13.2. The van der Waals surface area contributed by atoms with E-state index in [1.165, 1.54) is 18.0 Å². The normalized spacial score (nSPS) is 16.0. The van der Waals surface area contributed by atoms with Gasteiger partial charge in [-0.05, 0) is 35.9 Å². The molecule has 1 atom stereocenters. The summed E-state index contributed by atoms with van der Waals surface area (Å²) in [4.78, 5) is 28.4. The molecule has 0 spiro atoms. The average molecular weight is 413 g/mol. The van der Waals surface area contributed by atoms with Gasteiger partial charge in [-0.25, -0.2) is 5.01 Å². The molecule has 7 heteroatoms. The summed E-state index contributed by atoms with van der Waals surface area (Å²) in [5.74, 6) is 0.451. The number of benzene rings is 2. The van der Waals surface area contributed by atoms with E-state index in [2.05, 4.69) is 10.1 Å². The summed E-state index contributed by atoms with van der Waals surface area (Å²) in [6.45, 7) is 1.43. The van der Waals surface area contributed by atoms with Crippen LogP contribution >= 0.6 is 0 Å². The SMILES string of the molecule is CC(=O)N1N=C(c2c(-c3ccccc3)c3cc(O)ccc3[nH]c2=O)CC1c1ccco1. The second-order valence-corrected chi connectivity index (χ2v) is 7.45. The topological polar surface area (TPSA) is 98.9 Å². The van der Waals surface area contributed by atoms with Crippen molar-refractivity contribution in [2.24, 2.45) is 5.10 Å². The van der Waals surface area contributed by atoms with Crippen molar-refractivity contribution in [1.82, 2.24) is 9.99 Å². The van der Waals surface area contributed by atoms with Crippen LogP contribution in [0.1, 0.15) is 30.7 Å². The van der Waals surface area contributed by atoms with Crippen LogP contribution in [-0.4, -0.2) is 26.7 Å². The molecule has 0 aliphatic carbocycles. The number of aromatic nitrogens is 1. The number of fused-ring (bicyclic) bond motifs is 1. The van der Waals surface area contributed by atoms with Crippen molar-refractivity contribution in [3.8, 4) is 16.9 Å². The molecule has 7 nitrogen and oxygen atoms in total. The lowest BCUT2D eigenvalue weighted by Gasteiger charge is -2.17. The van der Waals surface area contributed by atoms with E-state index < -0.39 is 6.04 Å². The molecule has 2 aromatic heterocycles. The van der Waals surface area contributed by atoms with Crippen LogP contribution in [0.5, 0.6) is 5.75 Å². The summed E-state index contributed by atoms with van der Waals surface area (Å²) in [6, 6.07) is 17.4.